The van der Waals surface area contributed by atoms with Crippen LogP contribution in [0.25, 0.3) is 21.8 Å². The Morgan fingerprint density at radius 1 is 1.06 bits per heavy atom. The fraction of sp³-hybridized carbons (Fsp3) is 0.480. The average Bonchev–Trinajstić information content (AvgIpc) is 3.13. The lowest BCUT2D eigenvalue weighted by molar-refractivity contribution is -0.145. The van der Waals surface area contributed by atoms with Gasteiger partial charge in [0.25, 0.3) is 0 Å². The van der Waals surface area contributed by atoms with Crippen molar-refractivity contribution in [3.05, 3.63) is 42.2 Å². The van der Waals surface area contributed by atoms with Gasteiger partial charge in [-0.2, -0.15) is 0 Å². The number of fused-ring (bicyclic) bond motifs is 3. The molecule has 0 unspecified atom stereocenters. The highest BCUT2D eigenvalue weighted by Crippen LogP contribution is 2.54. The van der Waals surface area contributed by atoms with Crippen molar-refractivity contribution in [3.63, 3.8) is 0 Å². The number of H-pyrrole nitrogens is 1. The Morgan fingerprint density at radius 2 is 1.75 bits per heavy atom. The first-order valence-electron chi connectivity index (χ1n) is 11.5. The predicted octanol–water partition coefficient (Wildman–Crippen LogP) is 4.57. The Hall–Kier alpha value is -3.09. The van der Waals surface area contributed by atoms with Crippen LogP contribution in [0, 0.1) is 23.7 Å². The zero-order valence-electron chi connectivity index (χ0n) is 18.0. The number of carbonyl (C=O) groups excluding carboxylic acids is 1. The zero-order valence-corrected chi connectivity index (χ0v) is 18.0. The van der Waals surface area contributed by atoms with E-state index in [0.29, 0.717) is 11.8 Å². The topological polar surface area (TPSA) is 104 Å². The van der Waals surface area contributed by atoms with Crippen LogP contribution in [-0.2, 0) is 15.1 Å². The molecular weight excluding hydrogens is 406 g/mol. The number of carboxylic acid groups (broad SMARTS) is 1. The van der Waals surface area contributed by atoms with Crippen LogP contribution in [0.5, 0.6) is 0 Å². The molecule has 0 spiro atoms. The molecule has 1 aromatic carbocycles. The summed E-state index contributed by atoms with van der Waals surface area (Å²) < 4.78 is 5.89. The van der Waals surface area contributed by atoms with Gasteiger partial charge >= 0.3 is 12.1 Å². The van der Waals surface area contributed by atoms with Gasteiger partial charge in [-0.3, -0.25) is 4.98 Å². The normalized spacial score (nSPS) is 30.3. The maximum atomic E-state index is 12.9. The van der Waals surface area contributed by atoms with E-state index in [2.05, 4.69) is 15.3 Å². The SMILES string of the molecule is C[C@](NC(=O)OC1C2CC3CC(C2)CC1C3)(C(=O)O)c1cc2c(cn1)[nH]c1ccccc12. The molecule has 2 heterocycles. The smallest absolute Gasteiger partial charge is 0.408 e. The number of hydrogen-bond acceptors (Lipinski definition) is 4. The quantitative estimate of drug-likeness (QED) is 0.559. The molecule has 166 valence electrons. The summed E-state index contributed by atoms with van der Waals surface area (Å²) in [7, 11) is 0. The number of benzene rings is 1. The minimum atomic E-state index is -1.70. The van der Waals surface area contributed by atoms with E-state index in [1.807, 2.05) is 24.3 Å². The number of ether oxygens (including phenoxy) is 1. The molecule has 3 aromatic rings. The molecule has 32 heavy (non-hydrogen) atoms. The van der Waals surface area contributed by atoms with Crippen molar-refractivity contribution in [2.24, 2.45) is 23.7 Å². The van der Waals surface area contributed by atoms with E-state index < -0.39 is 17.6 Å². The number of para-hydroxylation sites is 1. The van der Waals surface area contributed by atoms with Gasteiger partial charge in [0.15, 0.2) is 5.54 Å². The fourth-order valence-corrected chi connectivity index (χ4v) is 6.68. The molecule has 0 aliphatic heterocycles. The van der Waals surface area contributed by atoms with Crippen molar-refractivity contribution in [2.75, 3.05) is 0 Å². The number of aliphatic carboxylic acids is 1. The van der Waals surface area contributed by atoms with Crippen LogP contribution in [0.15, 0.2) is 36.5 Å². The molecule has 1 atom stereocenters. The van der Waals surface area contributed by atoms with Gasteiger partial charge in [0.1, 0.15) is 6.10 Å². The number of hydrogen-bond donors (Lipinski definition) is 3. The zero-order chi connectivity index (χ0) is 22.0. The molecular formula is C25H27N3O4. The Kier molecular flexibility index (Phi) is 4.26. The van der Waals surface area contributed by atoms with E-state index >= 15 is 0 Å². The van der Waals surface area contributed by atoms with Gasteiger partial charge in [-0.1, -0.05) is 18.2 Å². The highest BCUT2D eigenvalue weighted by Gasteiger charge is 2.50. The summed E-state index contributed by atoms with van der Waals surface area (Å²) in [5, 5.41) is 14.6. The fourth-order valence-electron chi connectivity index (χ4n) is 6.68. The molecule has 0 radical (unpaired) electrons. The number of amides is 1. The van der Waals surface area contributed by atoms with Gasteiger partial charge in [-0.05, 0) is 74.8 Å². The number of aromatic nitrogens is 2. The van der Waals surface area contributed by atoms with Gasteiger partial charge in [0.05, 0.1) is 17.4 Å². The van der Waals surface area contributed by atoms with Crippen LogP contribution < -0.4 is 5.32 Å². The van der Waals surface area contributed by atoms with Gasteiger partial charge in [-0.15, -0.1) is 0 Å². The number of rotatable bonds is 4. The maximum Gasteiger partial charge on any atom is 0.408 e. The molecule has 4 aliphatic rings. The summed E-state index contributed by atoms with van der Waals surface area (Å²) in [6.07, 6.45) is 6.67. The van der Waals surface area contributed by atoms with Gasteiger partial charge < -0.3 is 20.1 Å². The first-order valence-corrected chi connectivity index (χ1v) is 11.5. The lowest BCUT2D eigenvalue weighted by atomic mass is 9.55. The van der Waals surface area contributed by atoms with Crippen LogP contribution in [0.4, 0.5) is 4.79 Å². The number of carbonyl (C=O) groups is 2. The third-order valence-corrected chi connectivity index (χ3v) is 8.07. The minimum Gasteiger partial charge on any atom is -0.479 e. The van der Waals surface area contributed by atoms with E-state index in [-0.39, 0.29) is 11.8 Å². The maximum absolute atomic E-state index is 12.9. The van der Waals surface area contributed by atoms with E-state index in [4.69, 9.17) is 4.74 Å². The summed E-state index contributed by atoms with van der Waals surface area (Å²) in [5.74, 6) is 1.20. The molecule has 4 aliphatic carbocycles. The Bertz CT molecular complexity index is 1210. The molecule has 4 bridgehead atoms. The average molecular weight is 434 g/mol. The van der Waals surface area contributed by atoms with E-state index in [9.17, 15) is 14.7 Å². The second-order valence-corrected chi connectivity index (χ2v) is 10.1. The molecule has 3 N–H and O–H groups in total. The van der Waals surface area contributed by atoms with Crippen molar-refractivity contribution < 1.29 is 19.4 Å². The number of alkyl carbamates (subject to hydrolysis) is 1. The van der Waals surface area contributed by atoms with Crippen molar-refractivity contribution in [1.29, 1.82) is 0 Å². The number of nitrogens with one attached hydrogen (secondary N) is 2. The number of nitrogens with zero attached hydrogens (tertiary/aromatic N) is 1. The summed E-state index contributed by atoms with van der Waals surface area (Å²) in [6.45, 7) is 1.47. The lowest BCUT2D eigenvalue weighted by Gasteiger charge is -2.53. The van der Waals surface area contributed by atoms with Crippen molar-refractivity contribution >= 4 is 33.9 Å². The summed E-state index contributed by atoms with van der Waals surface area (Å²) in [4.78, 5) is 32.9. The molecule has 4 fully saturated rings. The summed E-state index contributed by atoms with van der Waals surface area (Å²) >= 11 is 0. The summed E-state index contributed by atoms with van der Waals surface area (Å²) in [5.41, 5.74) is 0.339. The standard InChI is InChI=1S/C25H27N3O4/c1-25(23(29)30,21-11-18-17-4-2-3-5-19(17)27-20(18)12-26-21)28-24(31)32-22-15-7-13-6-14(9-15)10-16(22)8-13/h2-5,11-16,22,27H,6-10H2,1H3,(H,28,31)(H,29,30)/t13?,14?,15?,16?,22?,25-/m1/s1. The Balaban J connectivity index is 1.27. The van der Waals surface area contributed by atoms with Crippen LogP contribution in [0.3, 0.4) is 0 Å². The third kappa shape index (κ3) is 2.98. The number of pyridine rings is 1. The first-order chi connectivity index (χ1) is 15.4. The highest BCUT2D eigenvalue weighted by molar-refractivity contribution is 6.07. The van der Waals surface area contributed by atoms with E-state index in [0.717, 1.165) is 59.3 Å². The van der Waals surface area contributed by atoms with Crippen LogP contribution >= 0.6 is 0 Å². The van der Waals surface area contributed by atoms with Crippen LogP contribution in [0.2, 0.25) is 0 Å². The molecule has 1 amide bonds. The molecule has 7 nitrogen and oxygen atoms in total. The second kappa shape index (κ2) is 6.95. The molecule has 4 saturated carbocycles. The number of aromatic amines is 1. The van der Waals surface area contributed by atoms with Crippen LogP contribution in [-0.4, -0.2) is 33.2 Å². The monoisotopic (exact) mass is 433 g/mol. The predicted molar refractivity (Wildman–Crippen MR) is 119 cm³/mol. The van der Waals surface area contributed by atoms with Gasteiger partial charge in [-0.25, -0.2) is 9.59 Å². The minimum absolute atomic E-state index is 0.107. The lowest BCUT2D eigenvalue weighted by Crippen LogP contribution is -2.54. The molecule has 0 saturated heterocycles. The molecule has 7 heteroatoms. The van der Waals surface area contributed by atoms with Crippen molar-refractivity contribution in [2.45, 2.75) is 50.7 Å². The van der Waals surface area contributed by atoms with Gasteiger partial charge in [0.2, 0.25) is 0 Å². The highest BCUT2D eigenvalue weighted by atomic mass is 16.6. The van der Waals surface area contributed by atoms with E-state index in [1.165, 1.54) is 13.3 Å². The number of carboxylic acids is 1. The summed E-state index contributed by atoms with van der Waals surface area (Å²) in [6, 6.07) is 9.56. The van der Waals surface area contributed by atoms with Crippen molar-refractivity contribution in [3.8, 4) is 0 Å². The molecule has 7 rings (SSSR count). The largest absolute Gasteiger partial charge is 0.479 e. The van der Waals surface area contributed by atoms with Gasteiger partial charge in [0, 0.05) is 16.3 Å². The van der Waals surface area contributed by atoms with E-state index in [1.54, 1.807) is 12.3 Å². The first kappa shape index (κ1) is 19.6. The van der Waals surface area contributed by atoms with Crippen LogP contribution in [0.1, 0.15) is 44.7 Å². The third-order valence-electron chi connectivity index (χ3n) is 8.07. The second-order valence-electron chi connectivity index (χ2n) is 10.1. The van der Waals surface area contributed by atoms with Crippen molar-refractivity contribution in [1.82, 2.24) is 15.3 Å². The molecule has 2 aromatic heterocycles. The Morgan fingerprint density at radius 3 is 2.44 bits per heavy atom. The Labute approximate surface area is 185 Å².